The predicted molar refractivity (Wildman–Crippen MR) is 101 cm³/mol. The fourth-order valence-electron chi connectivity index (χ4n) is 2.06. The Morgan fingerprint density at radius 3 is 2.74 bits per heavy atom. The van der Waals surface area contributed by atoms with Crippen LogP contribution in [0.15, 0.2) is 58.6 Å². The summed E-state index contributed by atoms with van der Waals surface area (Å²) in [5.74, 6) is 1.55. The summed E-state index contributed by atoms with van der Waals surface area (Å²) in [4.78, 5) is 4.50. The minimum Gasteiger partial charge on any atom is -0.496 e. The lowest BCUT2D eigenvalue weighted by Crippen LogP contribution is -2.25. The first-order chi connectivity index (χ1) is 10.8. The van der Waals surface area contributed by atoms with Gasteiger partial charge in [0.15, 0.2) is 5.17 Å². The third-order valence-corrected chi connectivity index (χ3v) is 4.20. The zero-order valence-corrected chi connectivity index (χ0v) is 14.7. The summed E-state index contributed by atoms with van der Waals surface area (Å²) in [7, 11) is 1.66. The number of methoxy groups -OCH3 is 1. The molecule has 4 nitrogen and oxygen atoms in total. The maximum Gasteiger partial charge on any atom is 0.182 e. The van der Waals surface area contributed by atoms with Gasteiger partial charge in [0.25, 0.3) is 0 Å². The van der Waals surface area contributed by atoms with Gasteiger partial charge in [0.1, 0.15) is 5.75 Å². The van der Waals surface area contributed by atoms with Crippen molar-refractivity contribution in [1.82, 2.24) is 5.43 Å². The standard InChI is InChI=1S/C16H14ClN3OS.ClH/c1-21-15-8-3-2-7-13(15)14-10-22-16(20-19-14)18-12-6-4-5-11(17)9-12;/h2-9H,10H2,1H3,(H,18,20);1H. The Labute approximate surface area is 150 Å². The van der Waals surface area contributed by atoms with Crippen molar-refractivity contribution in [3.05, 3.63) is 59.1 Å². The number of aliphatic imine (C=N–C) groups is 1. The molecule has 0 aliphatic carbocycles. The summed E-state index contributed by atoms with van der Waals surface area (Å²) >= 11 is 7.56. The largest absolute Gasteiger partial charge is 0.496 e. The molecule has 0 saturated carbocycles. The van der Waals surface area contributed by atoms with Gasteiger partial charge in [0, 0.05) is 16.3 Å². The van der Waals surface area contributed by atoms with Crippen molar-refractivity contribution in [2.45, 2.75) is 0 Å². The number of hydrogen-bond donors (Lipinski definition) is 1. The van der Waals surface area contributed by atoms with E-state index in [0.29, 0.717) is 5.02 Å². The number of thioether (sulfide) groups is 1. The number of benzene rings is 2. The number of para-hydroxylation sites is 1. The molecule has 1 aliphatic rings. The van der Waals surface area contributed by atoms with Crippen LogP contribution in [0.3, 0.4) is 0 Å². The molecule has 1 aliphatic heterocycles. The number of hydrogen-bond acceptors (Lipinski definition) is 4. The van der Waals surface area contributed by atoms with Gasteiger partial charge < -0.3 is 4.74 Å². The topological polar surface area (TPSA) is 46.0 Å². The summed E-state index contributed by atoms with van der Waals surface area (Å²) in [6.45, 7) is 0. The monoisotopic (exact) mass is 367 g/mol. The zero-order chi connectivity index (χ0) is 15.4. The lowest BCUT2D eigenvalue weighted by atomic mass is 10.1. The van der Waals surface area contributed by atoms with Gasteiger partial charge >= 0.3 is 0 Å². The second-order valence-electron chi connectivity index (χ2n) is 4.56. The van der Waals surface area contributed by atoms with E-state index in [-0.39, 0.29) is 12.4 Å². The van der Waals surface area contributed by atoms with Crippen LogP contribution in [0.4, 0.5) is 5.69 Å². The van der Waals surface area contributed by atoms with E-state index in [1.54, 1.807) is 18.9 Å². The van der Waals surface area contributed by atoms with Gasteiger partial charge in [-0.3, -0.25) is 5.43 Å². The van der Waals surface area contributed by atoms with Crippen LogP contribution in [0.25, 0.3) is 0 Å². The highest BCUT2D eigenvalue weighted by atomic mass is 35.5. The van der Waals surface area contributed by atoms with Crippen molar-refractivity contribution >= 4 is 52.3 Å². The van der Waals surface area contributed by atoms with Crippen LogP contribution in [0.5, 0.6) is 5.75 Å². The molecule has 0 atom stereocenters. The lowest BCUT2D eigenvalue weighted by molar-refractivity contribution is 0.414. The summed E-state index contributed by atoms with van der Waals surface area (Å²) in [5, 5.41) is 5.83. The first-order valence-corrected chi connectivity index (χ1v) is 8.05. The second kappa shape index (κ2) is 8.24. The summed E-state index contributed by atoms with van der Waals surface area (Å²) < 4.78 is 5.37. The molecule has 2 aromatic rings. The molecular weight excluding hydrogens is 353 g/mol. The van der Waals surface area contributed by atoms with Crippen molar-refractivity contribution < 1.29 is 4.74 Å². The van der Waals surface area contributed by atoms with Crippen LogP contribution in [0, 0.1) is 0 Å². The number of nitrogens with zero attached hydrogens (tertiary/aromatic N) is 2. The predicted octanol–water partition coefficient (Wildman–Crippen LogP) is 4.50. The number of halogens is 2. The molecule has 0 radical (unpaired) electrons. The Morgan fingerprint density at radius 1 is 1.22 bits per heavy atom. The van der Waals surface area contributed by atoms with Crippen LogP contribution < -0.4 is 10.2 Å². The molecule has 0 amide bonds. The fraction of sp³-hybridized carbons (Fsp3) is 0.125. The molecule has 0 aromatic heterocycles. The van der Waals surface area contributed by atoms with Crippen LogP contribution in [-0.2, 0) is 0 Å². The van der Waals surface area contributed by atoms with Crippen molar-refractivity contribution in [3.8, 4) is 5.75 Å². The van der Waals surface area contributed by atoms with Gasteiger partial charge in [0.05, 0.1) is 18.5 Å². The Kier molecular flexibility index (Phi) is 6.33. The molecule has 1 N–H and O–H groups in total. The minimum atomic E-state index is 0. The molecule has 0 fully saturated rings. The van der Waals surface area contributed by atoms with Gasteiger partial charge in [-0.05, 0) is 30.3 Å². The normalized spacial score (nSPS) is 15.4. The molecule has 1 heterocycles. The number of hydrazone groups is 1. The van der Waals surface area contributed by atoms with Crippen molar-refractivity contribution in [3.63, 3.8) is 0 Å². The van der Waals surface area contributed by atoms with Crippen LogP contribution in [-0.4, -0.2) is 23.7 Å². The van der Waals surface area contributed by atoms with Gasteiger partial charge in [-0.15, -0.1) is 12.4 Å². The number of nitrogens with one attached hydrogen (secondary N) is 1. The van der Waals surface area contributed by atoms with E-state index in [2.05, 4.69) is 15.5 Å². The average molecular weight is 368 g/mol. The third kappa shape index (κ3) is 4.41. The molecule has 0 saturated heterocycles. The highest BCUT2D eigenvalue weighted by molar-refractivity contribution is 8.14. The van der Waals surface area contributed by atoms with Gasteiger partial charge in [-0.1, -0.05) is 41.6 Å². The average Bonchev–Trinajstić information content (AvgIpc) is 2.56. The molecule has 0 unspecified atom stereocenters. The second-order valence-corrected chi connectivity index (χ2v) is 5.96. The maximum absolute atomic E-state index is 5.96. The first kappa shape index (κ1) is 17.7. The molecule has 120 valence electrons. The third-order valence-electron chi connectivity index (χ3n) is 3.09. The highest BCUT2D eigenvalue weighted by Crippen LogP contribution is 2.24. The lowest BCUT2D eigenvalue weighted by Gasteiger charge is -2.16. The van der Waals surface area contributed by atoms with Crippen molar-refractivity contribution in [1.29, 1.82) is 0 Å². The first-order valence-electron chi connectivity index (χ1n) is 6.69. The molecule has 2 aromatic carbocycles. The van der Waals surface area contributed by atoms with E-state index < -0.39 is 0 Å². The van der Waals surface area contributed by atoms with Crippen LogP contribution in [0.2, 0.25) is 5.02 Å². The number of ether oxygens (including phenoxy) is 1. The zero-order valence-electron chi connectivity index (χ0n) is 12.3. The molecular formula is C16H15Cl2N3OS. The molecule has 7 heteroatoms. The van der Waals surface area contributed by atoms with Crippen LogP contribution >= 0.6 is 35.8 Å². The minimum absolute atomic E-state index is 0. The van der Waals surface area contributed by atoms with E-state index in [0.717, 1.165) is 33.6 Å². The summed E-state index contributed by atoms with van der Waals surface area (Å²) in [6, 6.07) is 15.3. The maximum atomic E-state index is 5.96. The quantitative estimate of drug-likeness (QED) is 0.868. The van der Waals surface area contributed by atoms with E-state index in [1.807, 2.05) is 48.5 Å². The Morgan fingerprint density at radius 2 is 2.04 bits per heavy atom. The molecule has 23 heavy (non-hydrogen) atoms. The van der Waals surface area contributed by atoms with E-state index in [1.165, 1.54) is 0 Å². The summed E-state index contributed by atoms with van der Waals surface area (Å²) in [5.41, 5.74) is 5.72. The van der Waals surface area contributed by atoms with E-state index in [9.17, 15) is 0 Å². The number of rotatable bonds is 3. The van der Waals surface area contributed by atoms with Gasteiger partial charge in [-0.25, -0.2) is 4.99 Å². The van der Waals surface area contributed by atoms with E-state index in [4.69, 9.17) is 16.3 Å². The summed E-state index contributed by atoms with van der Waals surface area (Å²) in [6.07, 6.45) is 0. The van der Waals surface area contributed by atoms with Crippen molar-refractivity contribution in [2.75, 3.05) is 12.9 Å². The molecule has 3 rings (SSSR count). The number of amidine groups is 1. The van der Waals surface area contributed by atoms with Gasteiger partial charge in [0.2, 0.25) is 0 Å². The molecule has 0 bridgehead atoms. The van der Waals surface area contributed by atoms with Gasteiger partial charge in [-0.2, -0.15) is 5.10 Å². The Balaban J connectivity index is 0.00000192. The highest BCUT2D eigenvalue weighted by Gasteiger charge is 2.16. The van der Waals surface area contributed by atoms with Crippen molar-refractivity contribution in [2.24, 2.45) is 10.1 Å². The van der Waals surface area contributed by atoms with Crippen LogP contribution in [0.1, 0.15) is 5.56 Å². The van der Waals surface area contributed by atoms with E-state index >= 15 is 0 Å². The smallest absolute Gasteiger partial charge is 0.182 e. The Bertz CT molecular complexity index is 750. The SMILES string of the molecule is COc1ccccc1C1=NNC(=Nc2cccc(Cl)c2)SC1.Cl. The fourth-order valence-corrected chi connectivity index (χ4v) is 3.02. The Hall–Kier alpha value is -1.69. The molecule has 0 spiro atoms.